The summed E-state index contributed by atoms with van der Waals surface area (Å²) in [7, 11) is -3.23. The Balaban J connectivity index is 1.92. The van der Waals surface area contributed by atoms with Crippen molar-refractivity contribution in [3.63, 3.8) is 0 Å². The van der Waals surface area contributed by atoms with Gasteiger partial charge in [-0.05, 0) is 43.4 Å². The number of fused-ring (bicyclic) bond motifs is 1. The van der Waals surface area contributed by atoms with Crippen LogP contribution in [0.4, 0.5) is 0 Å². The van der Waals surface area contributed by atoms with Crippen molar-refractivity contribution >= 4 is 15.9 Å². The molecule has 0 fully saturated rings. The lowest BCUT2D eigenvalue weighted by Crippen LogP contribution is -2.36. The van der Waals surface area contributed by atoms with E-state index in [1.54, 1.807) is 4.68 Å². The van der Waals surface area contributed by atoms with Gasteiger partial charge in [0, 0.05) is 19.1 Å². The summed E-state index contributed by atoms with van der Waals surface area (Å²) in [5.41, 5.74) is 3.79. The number of hydrogen-bond acceptors (Lipinski definition) is 5. The zero-order valence-electron chi connectivity index (χ0n) is 16.9. The molecule has 1 aromatic heterocycles. The number of nitrogens with zero attached hydrogens (tertiary/aromatic N) is 4. The first kappa shape index (κ1) is 20.5. The van der Waals surface area contributed by atoms with Crippen molar-refractivity contribution in [2.24, 2.45) is 5.92 Å². The van der Waals surface area contributed by atoms with Crippen LogP contribution in [0.3, 0.4) is 0 Å². The number of benzene rings is 1. The van der Waals surface area contributed by atoms with Crippen LogP contribution in [0.5, 0.6) is 0 Å². The average Bonchev–Trinajstić information content (AvgIpc) is 3.01. The maximum absolute atomic E-state index is 12.6. The molecule has 8 nitrogen and oxygen atoms in total. The number of carbonyl (C=O) groups excluding carboxylic acids is 1. The second kappa shape index (κ2) is 7.63. The highest BCUT2D eigenvalue weighted by molar-refractivity contribution is 7.88. The molecule has 3 rings (SSSR count). The summed E-state index contributed by atoms with van der Waals surface area (Å²) >= 11 is 0. The zero-order valence-corrected chi connectivity index (χ0v) is 17.7. The van der Waals surface area contributed by atoms with Crippen LogP contribution in [0.1, 0.15) is 48.1 Å². The number of carbonyl (C=O) groups is 1. The maximum Gasteiger partial charge on any atom is 0.273 e. The van der Waals surface area contributed by atoms with Gasteiger partial charge in [0.2, 0.25) is 10.0 Å². The molecule has 1 aliphatic heterocycles. The van der Waals surface area contributed by atoms with Gasteiger partial charge in [-0.3, -0.25) is 4.79 Å². The van der Waals surface area contributed by atoms with E-state index < -0.39 is 10.0 Å². The molecule has 0 bridgehead atoms. The minimum absolute atomic E-state index is 0.0310. The van der Waals surface area contributed by atoms with E-state index in [4.69, 9.17) is 0 Å². The van der Waals surface area contributed by atoms with Gasteiger partial charge < -0.3 is 5.32 Å². The topological polar surface area (TPSA) is 97.2 Å². The second-order valence-corrected chi connectivity index (χ2v) is 9.69. The van der Waals surface area contributed by atoms with Crippen LogP contribution in [0, 0.1) is 12.8 Å². The first-order valence-corrected chi connectivity index (χ1v) is 11.2. The summed E-state index contributed by atoms with van der Waals surface area (Å²) in [6, 6.07) is 5.76. The lowest BCUT2D eigenvalue weighted by molar-refractivity contribution is 0.0924. The van der Waals surface area contributed by atoms with E-state index in [2.05, 4.69) is 15.6 Å². The Bertz CT molecular complexity index is 997. The maximum atomic E-state index is 12.6. The summed E-state index contributed by atoms with van der Waals surface area (Å²) in [6.07, 6.45) is 1.82. The summed E-state index contributed by atoms with van der Waals surface area (Å²) < 4.78 is 26.9. The number of sulfonamides is 1. The Morgan fingerprint density at radius 1 is 1.25 bits per heavy atom. The Hall–Kier alpha value is -2.26. The van der Waals surface area contributed by atoms with Gasteiger partial charge in [0.05, 0.1) is 17.6 Å². The van der Waals surface area contributed by atoms with Crippen LogP contribution in [-0.2, 0) is 23.0 Å². The van der Waals surface area contributed by atoms with Crippen molar-refractivity contribution in [2.75, 3.05) is 12.8 Å². The minimum atomic E-state index is -3.23. The van der Waals surface area contributed by atoms with Crippen LogP contribution >= 0.6 is 0 Å². The average molecular weight is 406 g/mol. The van der Waals surface area contributed by atoms with Crippen LogP contribution in [0.2, 0.25) is 0 Å². The first-order chi connectivity index (χ1) is 13.1. The predicted octanol–water partition coefficient (Wildman–Crippen LogP) is 1.67. The van der Waals surface area contributed by atoms with Crippen molar-refractivity contribution in [2.45, 2.75) is 46.7 Å². The molecule has 0 saturated carbocycles. The minimum Gasteiger partial charge on any atom is -0.348 e. The van der Waals surface area contributed by atoms with E-state index in [9.17, 15) is 13.2 Å². The highest BCUT2D eigenvalue weighted by Crippen LogP contribution is 2.27. The summed E-state index contributed by atoms with van der Waals surface area (Å²) in [4.78, 5) is 12.6. The third kappa shape index (κ3) is 3.95. The van der Waals surface area contributed by atoms with Gasteiger partial charge >= 0.3 is 0 Å². The zero-order chi connectivity index (χ0) is 20.6. The SMILES string of the molecule is Cc1c(C(=O)NC(C)C(C)C)nnn1-c1cccc2c1CCN(S(C)(=O)=O)C2. The second-order valence-electron chi connectivity index (χ2n) is 7.70. The largest absolute Gasteiger partial charge is 0.348 e. The Morgan fingerprint density at radius 2 is 1.96 bits per heavy atom. The van der Waals surface area contributed by atoms with Crippen molar-refractivity contribution in [3.05, 3.63) is 40.7 Å². The summed E-state index contributed by atoms with van der Waals surface area (Å²) in [5, 5.41) is 11.3. The molecule has 28 heavy (non-hydrogen) atoms. The van der Waals surface area contributed by atoms with Crippen molar-refractivity contribution in [1.29, 1.82) is 0 Å². The molecule has 0 saturated heterocycles. The predicted molar refractivity (Wildman–Crippen MR) is 107 cm³/mol. The van der Waals surface area contributed by atoms with Gasteiger partial charge in [0.15, 0.2) is 5.69 Å². The van der Waals surface area contributed by atoms with Crippen molar-refractivity contribution in [1.82, 2.24) is 24.6 Å². The fourth-order valence-corrected chi connectivity index (χ4v) is 4.05. The van der Waals surface area contributed by atoms with Crippen LogP contribution in [0.15, 0.2) is 18.2 Å². The number of hydrogen-bond donors (Lipinski definition) is 1. The molecule has 0 aliphatic carbocycles. The van der Waals surface area contributed by atoms with Crippen LogP contribution in [0.25, 0.3) is 5.69 Å². The van der Waals surface area contributed by atoms with Crippen LogP contribution in [-0.4, -0.2) is 52.5 Å². The summed E-state index contributed by atoms with van der Waals surface area (Å²) in [5.74, 6) is 0.0798. The van der Waals surface area contributed by atoms with E-state index in [-0.39, 0.29) is 11.9 Å². The molecule has 1 unspecified atom stereocenters. The monoisotopic (exact) mass is 405 g/mol. The number of rotatable bonds is 5. The molecule has 0 radical (unpaired) electrons. The molecule has 2 aromatic rings. The fourth-order valence-electron chi connectivity index (χ4n) is 3.25. The molecule has 1 atom stereocenters. The Kier molecular flexibility index (Phi) is 5.58. The van der Waals surface area contributed by atoms with E-state index in [0.717, 1.165) is 16.8 Å². The first-order valence-electron chi connectivity index (χ1n) is 9.39. The number of aromatic nitrogens is 3. The van der Waals surface area contributed by atoms with E-state index in [1.807, 2.05) is 45.9 Å². The molecule has 152 valence electrons. The third-order valence-corrected chi connectivity index (χ3v) is 6.62. The smallest absolute Gasteiger partial charge is 0.273 e. The quantitative estimate of drug-likeness (QED) is 0.816. The molecule has 1 N–H and O–H groups in total. The standard InChI is InChI=1S/C19H27N5O3S/c1-12(2)13(3)20-19(25)18-14(4)24(22-21-18)17-8-6-7-15-11-23(28(5,26)27)10-9-16(15)17/h6-8,12-13H,9-11H2,1-5H3,(H,20,25). The van der Waals surface area contributed by atoms with E-state index in [0.29, 0.717) is 36.8 Å². The van der Waals surface area contributed by atoms with Crippen LogP contribution < -0.4 is 5.32 Å². The van der Waals surface area contributed by atoms with Gasteiger partial charge in [0.25, 0.3) is 5.91 Å². The fraction of sp³-hybridized carbons (Fsp3) is 0.526. The number of amides is 1. The van der Waals surface area contributed by atoms with Gasteiger partial charge in [-0.25, -0.2) is 13.1 Å². The molecule has 2 heterocycles. The van der Waals surface area contributed by atoms with Crippen molar-refractivity contribution in [3.8, 4) is 5.69 Å². The lowest BCUT2D eigenvalue weighted by atomic mass is 9.99. The molecular weight excluding hydrogens is 378 g/mol. The van der Waals surface area contributed by atoms with E-state index in [1.165, 1.54) is 10.6 Å². The normalized spacial score (nSPS) is 16.1. The lowest BCUT2D eigenvalue weighted by Gasteiger charge is -2.28. The molecular formula is C19H27N5O3S. The van der Waals surface area contributed by atoms with Gasteiger partial charge in [0.1, 0.15) is 0 Å². The Labute approximate surface area is 166 Å². The Morgan fingerprint density at radius 3 is 2.61 bits per heavy atom. The van der Waals surface area contributed by atoms with E-state index >= 15 is 0 Å². The van der Waals surface area contributed by atoms with Gasteiger partial charge in [-0.1, -0.05) is 31.2 Å². The summed E-state index contributed by atoms with van der Waals surface area (Å²) in [6.45, 7) is 8.64. The van der Waals surface area contributed by atoms with Gasteiger partial charge in [-0.15, -0.1) is 5.10 Å². The molecule has 1 amide bonds. The molecule has 1 aliphatic rings. The highest BCUT2D eigenvalue weighted by atomic mass is 32.2. The molecule has 1 aromatic carbocycles. The third-order valence-electron chi connectivity index (χ3n) is 5.37. The number of nitrogens with one attached hydrogen (secondary N) is 1. The molecule has 0 spiro atoms. The van der Waals surface area contributed by atoms with Gasteiger partial charge in [-0.2, -0.15) is 4.31 Å². The molecule has 9 heteroatoms. The van der Waals surface area contributed by atoms with Crippen molar-refractivity contribution < 1.29 is 13.2 Å². The highest BCUT2D eigenvalue weighted by Gasteiger charge is 2.27.